The Kier molecular flexibility index (Phi) is 4.68. The Morgan fingerprint density at radius 2 is 2.00 bits per heavy atom. The summed E-state index contributed by atoms with van der Waals surface area (Å²) in [6.45, 7) is 0.746. The summed E-state index contributed by atoms with van der Waals surface area (Å²) in [5.74, 6) is 0.872. The van der Waals surface area contributed by atoms with E-state index in [1.807, 2.05) is 30.7 Å². The maximum absolute atomic E-state index is 10.2. The molecule has 15 heavy (non-hydrogen) atoms. The van der Waals surface area contributed by atoms with Crippen LogP contribution in [0.4, 0.5) is 0 Å². The zero-order valence-electron chi connectivity index (χ0n) is 9.19. The molecule has 81 valence electrons. The Balaban J connectivity index is 2.34. The van der Waals surface area contributed by atoms with Crippen molar-refractivity contribution in [1.29, 1.82) is 0 Å². The van der Waals surface area contributed by atoms with Gasteiger partial charge in [0.15, 0.2) is 0 Å². The molecule has 1 radical (unpaired) electrons. The molecule has 0 bridgehead atoms. The van der Waals surface area contributed by atoms with Crippen molar-refractivity contribution >= 4 is 6.41 Å². The van der Waals surface area contributed by atoms with E-state index in [0.717, 1.165) is 25.1 Å². The summed E-state index contributed by atoms with van der Waals surface area (Å²) in [6.07, 6.45) is 3.76. The first-order chi connectivity index (χ1) is 7.26. The van der Waals surface area contributed by atoms with Crippen LogP contribution in [0.25, 0.3) is 0 Å². The van der Waals surface area contributed by atoms with E-state index in [4.69, 9.17) is 4.74 Å². The number of benzene rings is 1. The van der Waals surface area contributed by atoms with Gasteiger partial charge in [0.25, 0.3) is 0 Å². The summed E-state index contributed by atoms with van der Waals surface area (Å²) in [5.41, 5.74) is 1.26. The molecule has 0 heterocycles. The first kappa shape index (κ1) is 11.6. The van der Waals surface area contributed by atoms with E-state index in [1.54, 1.807) is 14.2 Å². The predicted molar refractivity (Wildman–Crippen MR) is 59.6 cm³/mol. The average Bonchev–Trinajstić information content (AvgIpc) is 2.29. The molecule has 0 saturated carbocycles. The van der Waals surface area contributed by atoms with Crippen molar-refractivity contribution in [3.05, 3.63) is 29.8 Å². The highest BCUT2D eigenvalue weighted by atomic mass is 16.5. The average molecular weight is 206 g/mol. The molecule has 0 unspecified atom stereocenters. The molecule has 0 spiro atoms. The van der Waals surface area contributed by atoms with Gasteiger partial charge in [-0.25, -0.2) is 0 Å². The monoisotopic (exact) mass is 206 g/mol. The number of aryl methyl sites for hydroxylation is 1. The Hall–Kier alpha value is -1.51. The number of rotatable bonds is 6. The summed E-state index contributed by atoms with van der Waals surface area (Å²) in [4.78, 5) is 11.7. The highest BCUT2D eigenvalue weighted by Gasteiger charge is 1.97. The molecule has 3 heteroatoms. The van der Waals surface area contributed by atoms with Crippen LogP contribution in [0.1, 0.15) is 12.0 Å². The van der Waals surface area contributed by atoms with Crippen LogP contribution in [0.3, 0.4) is 0 Å². The third-order valence-corrected chi connectivity index (χ3v) is 2.27. The van der Waals surface area contributed by atoms with Gasteiger partial charge in [0.2, 0.25) is 0 Å². The normalized spacial score (nSPS) is 9.73. The van der Waals surface area contributed by atoms with E-state index in [-0.39, 0.29) is 0 Å². The molecule has 0 saturated heterocycles. The van der Waals surface area contributed by atoms with Crippen molar-refractivity contribution < 1.29 is 9.53 Å². The van der Waals surface area contributed by atoms with E-state index >= 15 is 0 Å². The Morgan fingerprint density at radius 3 is 2.53 bits per heavy atom. The standard InChI is InChI=1S/C12H16NO2/c1-13(10-14)9-3-4-11-5-7-12(15-2)8-6-11/h5-8H,3-4,9H2,1-2H3. The first-order valence-electron chi connectivity index (χ1n) is 4.98. The fraction of sp³-hybridized carbons (Fsp3) is 0.417. The second kappa shape index (κ2) is 6.06. The molecular formula is C12H16NO2. The van der Waals surface area contributed by atoms with Crippen LogP contribution in [0.2, 0.25) is 0 Å². The number of methoxy groups -OCH3 is 1. The zero-order chi connectivity index (χ0) is 11.1. The summed E-state index contributed by atoms with van der Waals surface area (Å²) in [6, 6.07) is 7.99. The van der Waals surface area contributed by atoms with Crippen LogP contribution in [-0.2, 0) is 11.2 Å². The quantitative estimate of drug-likeness (QED) is 0.662. The van der Waals surface area contributed by atoms with Gasteiger partial charge in [0, 0.05) is 13.6 Å². The Morgan fingerprint density at radius 1 is 1.33 bits per heavy atom. The molecule has 0 aliphatic carbocycles. The molecule has 0 N–H and O–H groups in total. The molecular weight excluding hydrogens is 190 g/mol. The highest BCUT2D eigenvalue weighted by molar-refractivity contribution is 5.47. The van der Waals surface area contributed by atoms with Crippen molar-refractivity contribution in [3.8, 4) is 5.75 Å². The number of hydrogen-bond acceptors (Lipinski definition) is 2. The van der Waals surface area contributed by atoms with Gasteiger partial charge >= 0.3 is 6.41 Å². The van der Waals surface area contributed by atoms with Gasteiger partial charge in [-0.15, -0.1) is 0 Å². The number of ether oxygens (including phenoxy) is 1. The van der Waals surface area contributed by atoms with Gasteiger partial charge in [-0.1, -0.05) is 12.1 Å². The van der Waals surface area contributed by atoms with Crippen LogP contribution in [0.15, 0.2) is 24.3 Å². The minimum atomic E-state index is 0.746. The Labute approximate surface area is 90.7 Å². The third kappa shape index (κ3) is 4.02. The molecule has 0 aliphatic rings. The first-order valence-corrected chi connectivity index (χ1v) is 4.98. The maximum Gasteiger partial charge on any atom is 0.311 e. The van der Waals surface area contributed by atoms with Gasteiger partial charge in [-0.3, -0.25) is 4.79 Å². The second-order valence-corrected chi connectivity index (χ2v) is 3.46. The fourth-order valence-corrected chi connectivity index (χ4v) is 1.36. The highest BCUT2D eigenvalue weighted by Crippen LogP contribution is 2.12. The fourth-order valence-electron chi connectivity index (χ4n) is 1.36. The Bertz CT molecular complexity index is 295. The van der Waals surface area contributed by atoms with Crippen LogP contribution in [-0.4, -0.2) is 32.0 Å². The van der Waals surface area contributed by atoms with Crippen LogP contribution < -0.4 is 4.74 Å². The summed E-state index contributed by atoms with van der Waals surface area (Å²) in [7, 11) is 3.39. The molecule has 1 aromatic carbocycles. The smallest absolute Gasteiger partial charge is 0.311 e. The van der Waals surface area contributed by atoms with Crippen molar-refractivity contribution in [2.45, 2.75) is 12.8 Å². The van der Waals surface area contributed by atoms with Crippen LogP contribution >= 0.6 is 0 Å². The topological polar surface area (TPSA) is 29.5 Å². The second-order valence-electron chi connectivity index (χ2n) is 3.46. The van der Waals surface area contributed by atoms with E-state index in [0.29, 0.717) is 0 Å². The van der Waals surface area contributed by atoms with E-state index < -0.39 is 0 Å². The summed E-state index contributed by atoms with van der Waals surface area (Å²) >= 11 is 0. The molecule has 0 fully saturated rings. The number of nitrogens with zero attached hydrogens (tertiary/aromatic N) is 1. The van der Waals surface area contributed by atoms with Crippen molar-refractivity contribution in [2.75, 3.05) is 20.7 Å². The zero-order valence-corrected chi connectivity index (χ0v) is 9.19. The SMILES string of the molecule is COc1ccc(CCCN(C)[C]=O)cc1. The van der Waals surface area contributed by atoms with Crippen LogP contribution in [0, 0.1) is 0 Å². The van der Waals surface area contributed by atoms with Crippen molar-refractivity contribution in [2.24, 2.45) is 0 Å². The molecule has 0 atom stereocenters. The van der Waals surface area contributed by atoms with E-state index in [9.17, 15) is 4.79 Å². The predicted octanol–water partition coefficient (Wildman–Crippen LogP) is 1.63. The summed E-state index contributed by atoms with van der Waals surface area (Å²) in [5, 5.41) is 0. The molecule has 1 amide bonds. The molecule has 1 rings (SSSR count). The third-order valence-electron chi connectivity index (χ3n) is 2.27. The van der Waals surface area contributed by atoms with Gasteiger partial charge in [-0.2, -0.15) is 0 Å². The lowest BCUT2D eigenvalue weighted by Crippen LogP contribution is -2.17. The van der Waals surface area contributed by atoms with E-state index in [1.165, 1.54) is 10.5 Å². The lowest BCUT2D eigenvalue weighted by molar-refractivity contribution is 0.414. The number of amides is 1. The van der Waals surface area contributed by atoms with Crippen LogP contribution in [0.5, 0.6) is 5.75 Å². The van der Waals surface area contributed by atoms with Gasteiger partial charge < -0.3 is 9.64 Å². The number of hydrogen-bond donors (Lipinski definition) is 0. The molecule has 3 nitrogen and oxygen atoms in total. The molecule has 0 aromatic heterocycles. The number of carbonyl (C=O) groups excluding carboxylic acids is 1. The van der Waals surface area contributed by atoms with Gasteiger partial charge in [0.1, 0.15) is 5.75 Å². The van der Waals surface area contributed by atoms with Gasteiger partial charge in [-0.05, 0) is 30.5 Å². The summed E-state index contributed by atoms with van der Waals surface area (Å²) < 4.78 is 5.07. The van der Waals surface area contributed by atoms with E-state index in [2.05, 4.69) is 0 Å². The maximum atomic E-state index is 10.2. The van der Waals surface area contributed by atoms with Crippen molar-refractivity contribution in [1.82, 2.24) is 4.90 Å². The largest absolute Gasteiger partial charge is 0.497 e. The molecule has 0 aliphatic heterocycles. The minimum Gasteiger partial charge on any atom is -0.497 e. The van der Waals surface area contributed by atoms with Crippen molar-refractivity contribution in [3.63, 3.8) is 0 Å². The minimum absolute atomic E-state index is 0.746. The molecule has 1 aromatic rings. The lowest BCUT2D eigenvalue weighted by Gasteiger charge is -2.08. The lowest BCUT2D eigenvalue weighted by atomic mass is 10.1. The van der Waals surface area contributed by atoms with Gasteiger partial charge in [0.05, 0.1) is 7.11 Å².